The van der Waals surface area contributed by atoms with Gasteiger partial charge in [-0.25, -0.2) is 4.98 Å². The van der Waals surface area contributed by atoms with Gasteiger partial charge in [0.2, 0.25) is 5.91 Å². The molecule has 0 radical (unpaired) electrons. The van der Waals surface area contributed by atoms with Gasteiger partial charge in [-0.3, -0.25) is 4.79 Å². The highest BCUT2D eigenvalue weighted by Crippen LogP contribution is 2.34. The van der Waals surface area contributed by atoms with E-state index in [1.54, 1.807) is 24.3 Å². The Labute approximate surface area is 158 Å². The van der Waals surface area contributed by atoms with Crippen LogP contribution in [0.25, 0.3) is 0 Å². The van der Waals surface area contributed by atoms with Crippen molar-refractivity contribution in [2.75, 3.05) is 11.1 Å². The van der Waals surface area contributed by atoms with Gasteiger partial charge in [0, 0.05) is 17.4 Å². The molecule has 0 aliphatic heterocycles. The Bertz CT molecular complexity index is 831. The summed E-state index contributed by atoms with van der Waals surface area (Å²) in [6.45, 7) is 4.15. The van der Waals surface area contributed by atoms with Crippen LogP contribution in [0.4, 0.5) is 5.69 Å². The lowest BCUT2D eigenvalue weighted by atomic mass is 9.95. The number of nitrogens with one attached hydrogen (secondary N) is 1. The lowest BCUT2D eigenvalue weighted by molar-refractivity contribution is -0.113. The van der Waals surface area contributed by atoms with Gasteiger partial charge in [-0.1, -0.05) is 37.1 Å². The van der Waals surface area contributed by atoms with E-state index >= 15 is 0 Å². The highest BCUT2D eigenvalue weighted by Gasteiger charge is 2.22. The molecule has 1 fully saturated rings. The molecule has 1 saturated carbocycles. The number of rotatable bonds is 5. The lowest BCUT2D eigenvalue weighted by Gasteiger charge is -2.26. The molecule has 1 aliphatic rings. The number of thioether (sulfide) groups is 1. The number of aryl methyl sites for hydroxylation is 1. The van der Waals surface area contributed by atoms with Gasteiger partial charge >= 0.3 is 0 Å². The molecule has 0 unspecified atom stereocenters. The number of benzene rings is 1. The molecule has 1 aromatic carbocycles. The second-order valence-electron chi connectivity index (χ2n) is 6.76. The fourth-order valence-electron chi connectivity index (χ4n) is 3.46. The van der Waals surface area contributed by atoms with Crippen LogP contribution in [0.15, 0.2) is 29.4 Å². The van der Waals surface area contributed by atoms with Crippen molar-refractivity contribution in [1.82, 2.24) is 9.55 Å². The fourth-order valence-corrected chi connectivity index (χ4v) is 4.42. The van der Waals surface area contributed by atoms with Crippen LogP contribution in [0.1, 0.15) is 55.1 Å². The second kappa shape index (κ2) is 8.41. The number of anilines is 1. The van der Waals surface area contributed by atoms with Gasteiger partial charge in [-0.15, -0.1) is 0 Å². The third-order valence-corrected chi connectivity index (χ3v) is 5.85. The van der Waals surface area contributed by atoms with Crippen molar-refractivity contribution in [3.8, 4) is 6.07 Å². The lowest BCUT2D eigenvalue weighted by Crippen LogP contribution is -2.17. The standard InChI is InChI=1S/C20H24N4OS/c1-14-15(2)24(18-9-4-3-5-10-18)20(22-14)26-13-19(25)23-17-8-6-7-16(11-17)12-21/h6-8,11,18H,3-5,9-10,13H2,1-2H3,(H,23,25). The van der Waals surface area contributed by atoms with E-state index < -0.39 is 0 Å². The number of amides is 1. The van der Waals surface area contributed by atoms with Gasteiger partial charge in [-0.05, 0) is 44.9 Å². The average molecular weight is 369 g/mol. The minimum absolute atomic E-state index is 0.0846. The van der Waals surface area contributed by atoms with E-state index in [1.807, 2.05) is 6.92 Å². The van der Waals surface area contributed by atoms with Crippen LogP contribution in [0, 0.1) is 25.2 Å². The van der Waals surface area contributed by atoms with Crippen molar-refractivity contribution in [2.24, 2.45) is 0 Å². The maximum Gasteiger partial charge on any atom is 0.234 e. The summed E-state index contributed by atoms with van der Waals surface area (Å²) >= 11 is 1.49. The van der Waals surface area contributed by atoms with E-state index in [0.717, 1.165) is 10.9 Å². The van der Waals surface area contributed by atoms with Crippen molar-refractivity contribution in [3.63, 3.8) is 0 Å². The summed E-state index contributed by atoms with van der Waals surface area (Å²) in [6, 6.07) is 9.54. The predicted molar refractivity (Wildman–Crippen MR) is 104 cm³/mol. The molecule has 1 aliphatic carbocycles. The molecule has 1 heterocycles. The molecule has 1 aromatic heterocycles. The number of imidazole rings is 1. The second-order valence-corrected chi connectivity index (χ2v) is 7.70. The van der Waals surface area contributed by atoms with Crippen molar-refractivity contribution in [1.29, 1.82) is 5.26 Å². The number of aromatic nitrogens is 2. The molecule has 1 N–H and O–H groups in total. The summed E-state index contributed by atoms with van der Waals surface area (Å²) in [4.78, 5) is 17.0. The molecule has 2 aromatic rings. The third-order valence-electron chi connectivity index (χ3n) is 4.90. The van der Waals surface area contributed by atoms with Gasteiger partial charge in [0.1, 0.15) is 0 Å². The molecule has 5 nitrogen and oxygen atoms in total. The zero-order chi connectivity index (χ0) is 18.5. The van der Waals surface area contributed by atoms with Crippen LogP contribution in [0.3, 0.4) is 0 Å². The van der Waals surface area contributed by atoms with Crippen molar-refractivity contribution >= 4 is 23.4 Å². The zero-order valence-corrected chi connectivity index (χ0v) is 16.1. The summed E-state index contributed by atoms with van der Waals surface area (Å²) in [5, 5.41) is 12.8. The Morgan fingerprint density at radius 2 is 2.12 bits per heavy atom. The van der Waals surface area contributed by atoms with Crippen LogP contribution in [0.5, 0.6) is 0 Å². The summed E-state index contributed by atoms with van der Waals surface area (Å²) in [7, 11) is 0. The summed E-state index contributed by atoms with van der Waals surface area (Å²) in [6.07, 6.45) is 6.23. The van der Waals surface area contributed by atoms with E-state index in [9.17, 15) is 4.79 Å². The monoisotopic (exact) mass is 368 g/mol. The van der Waals surface area contributed by atoms with E-state index in [2.05, 4.69) is 22.9 Å². The molecular weight excluding hydrogens is 344 g/mol. The fraction of sp³-hybridized carbons (Fsp3) is 0.450. The number of hydrogen-bond donors (Lipinski definition) is 1. The molecule has 26 heavy (non-hydrogen) atoms. The van der Waals surface area contributed by atoms with Crippen LogP contribution in [-0.2, 0) is 4.79 Å². The molecular formula is C20H24N4OS. The number of carbonyl (C=O) groups excluding carboxylic acids is 1. The quantitative estimate of drug-likeness (QED) is 0.783. The Morgan fingerprint density at radius 3 is 2.85 bits per heavy atom. The Morgan fingerprint density at radius 1 is 1.35 bits per heavy atom. The topological polar surface area (TPSA) is 70.7 Å². The number of hydrogen-bond acceptors (Lipinski definition) is 4. The number of nitriles is 1. The maximum absolute atomic E-state index is 12.3. The van der Waals surface area contributed by atoms with Gasteiger partial charge in [0.15, 0.2) is 5.16 Å². The van der Waals surface area contributed by atoms with E-state index in [4.69, 9.17) is 10.2 Å². The maximum atomic E-state index is 12.3. The predicted octanol–water partition coefficient (Wildman–Crippen LogP) is 4.61. The Hall–Kier alpha value is -2.26. The highest BCUT2D eigenvalue weighted by molar-refractivity contribution is 7.99. The van der Waals surface area contributed by atoms with Gasteiger partial charge in [0.05, 0.1) is 23.1 Å². The first-order chi connectivity index (χ1) is 12.6. The average Bonchev–Trinajstić information content (AvgIpc) is 2.95. The minimum atomic E-state index is -0.0846. The normalized spacial score (nSPS) is 14.8. The summed E-state index contributed by atoms with van der Waals surface area (Å²) in [5.74, 6) is 0.220. The van der Waals surface area contributed by atoms with Gasteiger partial charge < -0.3 is 9.88 Å². The van der Waals surface area contributed by atoms with Gasteiger partial charge in [0.25, 0.3) is 0 Å². The SMILES string of the molecule is Cc1nc(SCC(=O)Nc2cccc(C#N)c2)n(C2CCCCC2)c1C. The van der Waals surface area contributed by atoms with Crippen LogP contribution in [0.2, 0.25) is 0 Å². The van der Waals surface area contributed by atoms with Crippen LogP contribution in [-0.4, -0.2) is 21.2 Å². The van der Waals surface area contributed by atoms with Crippen LogP contribution >= 0.6 is 11.8 Å². The molecule has 0 bridgehead atoms. The molecule has 0 spiro atoms. The van der Waals surface area contributed by atoms with E-state index in [0.29, 0.717) is 23.0 Å². The Balaban J connectivity index is 1.66. The summed E-state index contributed by atoms with van der Waals surface area (Å²) < 4.78 is 2.34. The number of carbonyl (C=O) groups is 1. The third kappa shape index (κ3) is 4.28. The van der Waals surface area contributed by atoms with Crippen LogP contribution < -0.4 is 5.32 Å². The molecule has 0 atom stereocenters. The largest absolute Gasteiger partial charge is 0.325 e. The van der Waals surface area contributed by atoms with E-state index in [-0.39, 0.29) is 5.91 Å². The van der Waals surface area contributed by atoms with Crippen molar-refractivity contribution in [3.05, 3.63) is 41.2 Å². The first-order valence-electron chi connectivity index (χ1n) is 9.06. The Kier molecular flexibility index (Phi) is 6.00. The van der Waals surface area contributed by atoms with Crippen molar-refractivity contribution in [2.45, 2.75) is 57.1 Å². The van der Waals surface area contributed by atoms with Crippen molar-refractivity contribution < 1.29 is 4.79 Å². The van der Waals surface area contributed by atoms with E-state index in [1.165, 1.54) is 49.6 Å². The highest BCUT2D eigenvalue weighted by atomic mass is 32.2. The first kappa shape index (κ1) is 18.5. The summed E-state index contributed by atoms with van der Waals surface area (Å²) in [5.41, 5.74) is 3.44. The first-order valence-corrected chi connectivity index (χ1v) is 10.1. The molecule has 6 heteroatoms. The zero-order valence-electron chi connectivity index (χ0n) is 15.3. The molecule has 136 valence electrons. The molecule has 0 saturated heterocycles. The van der Waals surface area contributed by atoms with Gasteiger partial charge in [-0.2, -0.15) is 5.26 Å². The molecule has 1 amide bonds. The number of nitrogens with zero attached hydrogens (tertiary/aromatic N) is 3. The smallest absolute Gasteiger partial charge is 0.234 e. The minimum Gasteiger partial charge on any atom is -0.325 e. The molecule has 3 rings (SSSR count).